The van der Waals surface area contributed by atoms with Crippen LogP contribution in [0.4, 0.5) is 13.2 Å². The second-order valence-electron chi connectivity index (χ2n) is 4.75. The Kier molecular flexibility index (Phi) is 5.69. The van der Waals surface area contributed by atoms with Crippen molar-refractivity contribution in [3.05, 3.63) is 0 Å². The van der Waals surface area contributed by atoms with E-state index in [1.54, 1.807) is 6.92 Å². The predicted octanol–water partition coefficient (Wildman–Crippen LogP) is 1.68. The highest BCUT2D eigenvalue weighted by molar-refractivity contribution is 4.78. The Balaban J connectivity index is 2.21. The van der Waals surface area contributed by atoms with E-state index in [0.29, 0.717) is 13.2 Å². The van der Waals surface area contributed by atoms with Crippen LogP contribution in [0.25, 0.3) is 0 Å². The molecule has 102 valence electrons. The van der Waals surface area contributed by atoms with Gasteiger partial charge in [0.1, 0.15) is 0 Å². The summed E-state index contributed by atoms with van der Waals surface area (Å²) in [5, 5.41) is 6.25. The van der Waals surface area contributed by atoms with Crippen molar-refractivity contribution < 1.29 is 17.9 Å². The fourth-order valence-electron chi connectivity index (χ4n) is 2.16. The van der Waals surface area contributed by atoms with Crippen molar-refractivity contribution in [3.8, 4) is 0 Å². The van der Waals surface area contributed by atoms with Gasteiger partial charge in [0.15, 0.2) is 0 Å². The van der Waals surface area contributed by atoms with Gasteiger partial charge in [0.25, 0.3) is 0 Å². The number of rotatable bonds is 5. The van der Waals surface area contributed by atoms with Crippen molar-refractivity contribution in [1.82, 2.24) is 10.6 Å². The van der Waals surface area contributed by atoms with Gasteiger partial charge in [0.2, 0.25) is 0 Å². The summed E-state index contributed by atoms with van der Waals surface area (Å²) in [7, 11) is 0. The summed E-state index contributed by atoms with van der Waals surface area (Å²) in [6.07, 6.45) is -4.10. The van der Waals surface area contributed by atoms with Gasteiger partial charge in [0.05, 0.1) is 19.6 Å². The molecule has 2 N–H and O–H groups in total. The highest BCUT2D eigenvalue weighted by Crippen LogP contribution is 2.21. The summed E-state index contributed by atoms with van der Waals surface area (Å²) in [5.41, 5.74) is 0. The average molecular weight is 254 g/mol. The zero-order valence-corrected chi connectivity index (χ0v) is 10.3. The molecule has 17 heavy (non-hydrogen) atoms. The number of nitrogens with one attached hydrogen (secondary N) is 2. The first kappa shape index (κ1) is 14.7. The molecule has 0 bridgehead atoms. The number of halogens is 3. The van der Waals surface area contributed by atoms with Crippen molar-refractivity contribution in [3.63, 3.8) is 0 Å². The average Bonchev–Trinajstić information content (AvgIpc) is 2.15. The second-order valence-corrected chi connectivity index (χ2v) is 4.75. The Bertz CT molecular complexity index is 217. The Morgan fingerprint density at radius 2 is 2.06 bits per heavy atom. The molecular formula is C11H21F3N2O. The molecule has 1 aliphatic heterocycles. The lowest BCUT2D eigenvalue weighted by atomic mass is 10.1. The Labute approximate surface area is 100 Å². The molecule has 1 aliphatic rings. The lowest BCUT2D eigenvalue weighted by Gasteiger charge is -2.28. The van der Waals surface area contributed by atoms with Gasteiger partial charge in [0, 0.05) is 24.7 Å². The Morgan fingerprint density at radius 1 is 1.35 bits per heavy atom. The summed E-state index contributed by atoms with van der Waals surface area (Å²) in [4.78, 5) is 0. The van der Waals surface area contributed by atoms with Gasteiger partial charge in [-0.2, -0.15) is 13.2 Å². The van der Waals surface area contributed by atoms with Gasteiger partial charge in [-0.05, 0) is 20.3 Å². The number of morpholine rings is 1. The molecule has 0 aliphatic carbocycles. The summed E-state index contributed by atoms with van der Waals surface area (Å²) >= 11 is 0. The summed E-state index contributed by atoms with van der Waals surface area (Å²) in [6, 6.07) is -0.259. The summed E-state index contributed by atoms with van der Waals surface area (Å²) in [5.74, 6) is 0. The van der Waals surface area contributed by atoms with E-state index >= 15 is 0 Å². The first-order valence-electron chi connectivity index (χ1n) is 6.01. The largest absolute Gasteiger partial charge is 0.390 e. The minimum atomic E-state index is -4.10. The Morgan fingerprint density at radius 3 is 2.59 bits per heavy atom. The van der Waals surface area contributed by atoms with Crippen LogP contribution in [0.15, 0.2) is 0 Å². The highest BCUT2D eigenvalue weighted by atomic mass is 19.4. The molecule has 1 rings (SSSR count). The number of alkyl halides is 3. The van der Waals surface area contributed by atoms with Crippen LogP contribution in [0.2, 0.25) is 0 Å². The van der Waals surface area contributed by atoms with E-state index in [2.05, 4.69) is 10.6 Å². The van der Waals surface area contributed by atoms with Crippen molar-refractivity contribution >= 4 is 0 Å². The van der Waals surface area contributed by atoms with Crippen LogP contribution in [0.1, 0.15) is 26.7 Å². The minimum Gasteiger partial charge on any atom is -0.379 e. The van der Waals surface area contributed by atoms with E-state index in [0.717, 1.165) is 13.0 Å². The molecule has 3 atom stereocenters. The first-order valence-corrected chi connectivity index (χ1v) is 6.01. The van der Waals surface area contributed by atoms with Gasteiger partial charge in [-0.25, -0.2) is 0 Å². The third-order valence-electron chi connectivity index (χ3n) is 2.74. The van der Waals surface area contributed by atoms with Crippen LogP contribution in [0, 0.1) is 0 Å². The smallest absolute Gasteiger partial charge is 0.379 e. The fourth-order valence-corrected chi connectivity index (χ4v) is 2.16. The summed E-state index contributed by atoms with van der Waals surface area (Å²) < 4.78 is 41.7. The van der Waals surface area contributed by atoms with Gasteiger partial charge < -0.3 is 15.4 Å². The zero-order valence-electron chi connectivity index (χ0n) is 10.3. The molecule has 1 fully saturated rings. The molecule has 0 saturated carbocycles. The van der Waals surface area contributed by atoms with Crippen molar-refractivity contribution in [2.24, 2.45) is 0 Å². The van der Waals surface area contributed by atoms with Gasteiger partial charge >= 0.3 is 6.18 Å². The third kappa shape index (κ3) is 6.85. The molecule has 0 spiro atoms. The second kappa shape index (κ2) is 6.56. The quantitative estimate of drug-likeness (QED) is 0.783. The fraction of sp³-hybridized carbons (Fsp3) is 1.00. The van der Waals surface area contributed by atoms with Crippen LogP contribution >= 0.6 is 0 Å². The van der Waals surface area contributed by atoms with E-state index in [1.807, 2.05) is 6.92 Å². The number of hydrogen-bond acceptors (Lipinski definition) is 3. The predicted molar refractivity (Wildman–Crippen MR) is 60.0 cm³/mol. The molecule has 6 heteroatoms. The van der Waals surface area contributed by atoms with Gasteiger partial charge in [-0.1, -0.05) is 0 Å². The number of ether oxygens (including phenoxy) is 1. The topological polar surface area (TPSA) is 33.3 Å². The molecular weight excluding hydrogens is 233 g/mol. The van der Waals surface area contributed by atoms with Crippen LogP contribution in [0.5, 0.6) is 0 Å². The van der Waals surface area contributed by atoms with Crippen LogP contribution in [-0.2, 0) is 4.74 Å². The van der Waals surface area contributed by atoms with Crippen molar-refractivity contribution in [2.75, 3.05) is 19.8 Å². The van der Waals surface area contributed by atoms with E-state index in [4.69, 9.17) is 4.74 Å². The molecule has 1 saturated heterocycles. The zero-order chi connectivity index (χ0) is 12.9. The molecule has 0 aromatic rings. The van der Waals surface area contributed by atoms with E-state index in [9.17, 15) is 13.2 Å². The molecule has 3 nitrogen and oxygen atoms in total. The standard InChI is InChI=1S/C11H21F3N2O/c1-8(5-10-7-17-4-3-15-10)16-9(2)6-11(12,13)14/h8-10,15-16H,3-7H2,1-2H3. The summed E-state index contributed by atoms with van der Waals surface area (Å²) in [6.45, 7) is 5.63. The van der Waals surface area contributed by atoms with E-state index in [1.165, 1.54) is 0 Å². The molecule has 0 aromatic heterocycles. The highest BCUT2D eigenvalue weighted by Gasteiger charge is 2.30. The maximum Gasteiger partial charge on any atom is 0.390 e. The molecule has 0 radical (unpaired) electrons. The first-order chi connectivity index (χ1) is 7.87. The maximum absolute atomic E-state index is 12.1. The Hall–Kier alpha value is -0.330. The molecule has 0 aromatic carbocycles. The van der Waals surface area contributed by atoms with Crippen molar-refractivity contribution in [2.45, 2.75) is 51.0 Å². The molecule has 0 amide bonds. The maximum atomic E-state index is 12.1. The SMILES string of the molecule is CC(CC1COCCN1)NC(C)CC(F)(F)F. The monoisotopic (exact) mass is 254 g/mol. The van der Waals surface area contributed by atoms with Crippen LogP contribution < -0.4 is 10.6 Å². The lowest BCUT2D eigenvalue weighted by Crippen LogP contribution is -2.46. The minimum absolute atomic E-state index is 0.0477. The van der Waals surface area contributed by atoms with Crippen molar-refractivity contribution in [1.29, 1.82) is 0 Å². The number of hydrogen-bond donors (Lipinski definition) is 2. The van der Waals surface area contributed by atoms with E-state index in [-0.39, 0.29) is 12.1 Å². The van der Waals surface area contributed by atoms with Crippen LogP contribution in [0.3, 0.4) is 0 Å². The third-order valence-corrected chi connectivity index (χ3v) is 2.74. The normalized spacial score (nSPS) is 25.6. The van der Waals surface area contributed by atoms with Gasteiger partial charge in [-0.3, -0.25) is 0 Å². The van der Waals surface area contributed by atoms with Crippen LogP contribution in [-0.4, -0.2) is 44.1 Å². The molecule has 1 heterocycles. The van der Waals surface area contributed by atoms with Gasteiger partial charge in [-0.15, -0.1) is 0 Å². The lowest BCUT2D eigenvalue weighted by molar-refractivity contribution is -0.139. The molecule has 3 unspecified atom stereocenters. The van der Waals surface area contributed by atoms with E-state index < -0.39 is 18.6 Å².